The van der Waals surface area contributed by atoms with Gasteiger partial charge in [-0.2, -0.15) is 0 Å². The molecule has 6 heteroatoms. The van der Waals surface area contributed by atoms with Gasteiger partial charge in [-0.25, -0.2) is 0 Å². The summed E-state index contributed by atoms with van der Waals surface area (Å²) in [5.74, 6) is -0.887. The Labute approximate surface area is 510 Å². The van der Waals surface area contributed by atoms with Crippen LogP contribution >= 0.6 is 0 Å². The molecule has 0 aliphatic carbocycles. The van der Waals surface area contributed by atoms with E-state index in [4.69, 9.17) is 14.2 Å². The zero-order valence-electron chi connectivity index (χ0n) is 55.0. The molecule has 0 aliphatic heterocycles. The minimum Gasteiger partial charge on any atom is -0.462 e. The van der Waals surface area contributed by atoms with Crippen molar-refractivity contribution in [2.75, 3.05) is 13.2 Å². The minimum absolute atomic E-state index is 0.0821. The SMILES string of the molecule is CC/C=C\C/C=C\C/C=C\C/C=C\CCCCCCC(=O)OC(COC(=O)CCCCCCCCC/C=C\CCCCCCCC)COC(=O)CCCCCCCCCCCCCCCCCCCCCCCCCCCCCCCC. The van der Waals surface area contributed by atoms with Crippen molar-refractivity contribution in [2.45, 2.75) is 393 Å². The molecule has 1 atom stereocenters. The molecule has 0 radical (unpaired) electrons. The Morgan fingerprint density at radius 3 is 0.756 bits per heavy atom. The molecule has 0 aromatic carbocycles. The summed E-state index contributed by atoms with van der Waals surface area (Å²) in [5, 5.41) is 0. The second-order valence-corrected chi connectivity index (χ2v) is 24.5. The topological polar surface area (TPSA) is 78.9 Å². The molecule has 0 saturated heterocycles. The molecular formula is C76H138O6. The van der Waals surface area contributed by atoms with Crippen LogP contribution < -0.4 is 0 Å². The number of allylic oxidation sites excluding steroid dienone is 10. The van der Waals surface area contributed by atoms with Gasteiger partial charge in [0.15, 0.2) is 6.10 Å². The van der Waals surface area contributed by atoms with Crippen LogP contribution in [0.15, 0.2) is 60.8 Å². The monoisotopic (exact) mass is 1150 g/mol. The van der Waals surface area contributed by atoms with Gasteiger partial charge in [-0.15, -0.1) is 0 Å². The highest BCUT2D eigenvalue weighted by molar-refractivity contribution is 5.71. The first-order valence-electron chi connectivity index (χ1n) is 36.3. The van der Waals surface area contributed by atoms with E-state index >= 15 is 0 Å². The van der Waals surface area contributed by atoms with Crippen molar-refractivity contribution in [3.05, 3.63) is 60.8 Å². The van der Waals surface area contributed by atoms with Crippen LogP contribution in [0.3, 0.4) is 0 Å². The predicted molar refractivity (Wildman–Crippen MR) is 358 cm³/mol. The number of hydrogen-bond acceptors (Lipinski definition) is 6. The number of ether oxygens (including phenoxy) is 3. The first-order chi connectivity index (χ1) is 40.5. The summed E-state index contributed by atoms with van der Waals surface area (Å²) < 4.78 is 17.0. The van der Waals surface area contributed by atoms with E-state index in [-0.39, 0.29) is 31.1 Å². The lowest BCUT2D eigenvalue weighted by Crippen LogP contribution is -2.30. The van der Waals surface area contributed by atoms with Crippen molar-refractivity contribution in [1.29, 1.82) is 0 Å². The van der Waals surface area contributed by atoms with Gasteiger partial charge in [-0.3, -0.25) is 14.4 Å². The Bertz CT molecular complexity index is 1460. The maximum Gasteiger partial charge on any atom is 0.306 e. The van der Waals surface area contributed by atoms with E-state index in [0.29, 0.717) is 19.3 Å². The van der Waals surface area contributed by atoms with Gasteiger partial charge < -0.3 is 14.2 Å². The van der Waals surface area contributed by atoms with Gasteiger partial charge >= 0.3 is 17.9 Å². The van der Waals surface area contributed by atoms with Crippen LogP contribution in [0.2, 0.25) is 0 Å². The van der Waals surface area contributed by atoms with Crippen molar-refractivity contribution in [3.8, 4) is 0 Å². The maximum atomic E-state index is 12.9. The van der Waals surface area contributed by atoms with Gasteiger partial charge in [0.05, 0.1) is 0 Å². The van der Waals surface area contributed by atoms with Crippen LogP contribution in [-0.4, -0.2) is 37.2 Å². The molecule has 0 amide bonds. The van der Waals surface area contributed by atoms with Crippen LogP contribution in [0, 0.1) is 0 Å². The van der Waals surface area contributed by atoms with Crippen molar-refractivity contribution in [2.24, 2.45) is 0 Å². The first-order valence-corrected chi connectivity index (χ1v) is 36.3. The van der Waals surface area contributed by atoms with Crippen molar-refractivity contribution in [3.63, 3.8) is 0 Å². The fourth-order valence-corrected chi connectivity index (χ4v) is 10.8. The van der Waals surface area contributed by atoms with Crippen LogP contribution in [0.25, 0.3) is 0 Å². The van der Waals surface area contributed by atoms with E-state index in [9.17, 15) is 14.4 Å². The molecule has 0 fully saturated rings. The maximum absolute atomic E-state index is 12.9. The Morgan fingerprint density at radius 2 is 0.476 bits per heavy atom. The van der Waals surface area contributed by atoms with Gasteiger partial charge in [0.1, 0.15) is 13.2 Å². The second kappa shape index (κ2) is 70.6. The van der Waals surface area contributed by atoms with E-state index in [1.54, 1.807) is 0 Å². The Hall–Kier alpha value is -2.89. The van der Waals surface area contributed by atoms with Gasteiger partial charge in [0.25, 0.3) is 0 Å². The van der Waals surface area contributed by atoms with E-state index in [1.165, 1.54) is 250 Å². The summed E-state index contributed by atoms with van der Waals surface area (Å²) in [7, 11) is 0. The fraction of sp³-hybridized carbons (Fsp3) is 0.829. The van der Waals surface area contributed by atoms with Crippen molar-refractivity contribution >= 4 is 17.9 Å². The normalized spacial score (nSPS) is 12.4. The zero-order valence-corrected chi connectivity index (χ0v) is 55.0. The molecule has 0 aromatic rings. The number of hydrogen-bond donors (Lipinski definition) is 0. The Kier molecular flexibility index (Phi) is 68.1. The quantitative estimate of drug-likeness (QED) is 0.0261. The summed E-state index contributed by atoms with van der Waals surface area (Å²) in [6.45, 7) is 6.56. The smallest absolute Gasteiger partial charge is 0.306 e. The third kappa shape index (κ3) is 67.9. The summed E-state index contributed by atoms with van der Waals surface area (Å²) in [4.78, 5) is 38.4. The lowest BCUT2D eigenvalue weighted by atomic mass is 10.0. The second-order valence-electron chi connectivity index (χ2n) is 24.5. The third-order valence-electron chi connectivity index (χ3n) is 16.3. The van der Waals surface area contributed by atoms with Crippen molar-refractivity contribution in [1.82, 2.24) is 0 Å². The fourth-order valence-electron chi connectivity index (χ4n) is 10.8. The van der Waals surface area contributed by atoms with Crippen LogP contribution in [0.1, 0.15) is 387 Å². The first kappa shape index (κ1) is 79.1. The van der Waals surface area contributed by atoms with Gasteiger partial charge in [-0.1, -0.05) is 345 Å². The van der Waals surface area contributed by atoms with E-state index in [0.717, 1.165) is 96.3 Å². The summed E-state index contributed by atoms with van der Waals surface area (Å²) in [6.07, 6.45) is 91.2. The molecule has 478 valence electrons. The Morgan fingerprint density at radius 1 is 0.256 bits per heavy atom. The summed E-state index contributed by atoms with van der Waals surface area (Å²) >= 11 is 0. The highest BCUT2D eigenvalue weighted by Gasteiger charge is 2.19. The van der Waals surface area contributed by atoms with Crippen LogP contribution in [0.5, 0.6) is 0 Å². The summed E-state index contributed by atoms with van der Waals surface area (Å²) in [6, 6.07) is 0. The van der Waals surface area contributed by atoms with Crippen molar-refractivity contribution < 1.29 is 28.6 Å². The van der Waals surface area contributed by atoms with E-state index in [2.05, 4.69) is 81.5 Å². The molecule has 0 aliphatic rings. The molecule has 0 saturated carbocycles. The molecule has 0 spiro atoms. The highest BCUT2D eigenvalue weighted by atomic mass is 16.6. The number of carbonyl (C=O) groups excluding carboxylic acids is 3. The van der Waals surface area contributed by atoms with Crippen LogP contribution in [-0.2, 0) is 28.6 Å². The molecule has 0 N–H and O–H groups in total. The molecule has 0 heterocycles. The largest absolute Gasteiger partial charge is 0.462 e. The average Bonchev–Trinajstić information content (AvgIpc) is 3.47. The molecule has 0 rings (SSSR count). The van der Waals surface area contributed by atoms with Gasteiger partial charge in [0.2, 0.25) is 0 Å². The van der Waals surface area contributed by atoms with E-state index in [1.807, 2.05) is 0 Å². The lowest BCUT2D eigenvalue weighted by Gasteiger charge is -2.18. The van der Waals surface area contributed by atoms with Gasteiger partial charge in [-0.05, 0) is 83.5 Å². The van der Waals surface area contributed by atoms with Crippen LogP contribution in [0.4, 0.5) is 0 Å². The third-order valence-corrected chi connectivity index (χ3v) is 16.3. The molecule has 6 nitrogen and oxygen atoms in total. The number of esters is 3. The minimum atomic E-state index is -0.789. The standard InChI is InChI=1S/C76H138O6/c1-4-7-10-13-16-19-22-25-28-31-32-33-34-35-36-37-38-39-40-41-42-43-46-48-51-54-57-60-63-66-69-75(78)81-72-73(82-76(79)70-67-64-61-58-55-52-49-45-30-27-24-21-18-15-12-9-6-3)71-80-74(77)68-65-62-59-56-53-50-47-44-29-26-23-20-17-14-11-8-5-2/h9,12,18,21,26-27,29-30,49,52,73H,4-8,10-11,13-17,19-20,22-25,28,31-48,50-51,53-72H2,1-3H3/b12-9-,21-18-,29-26-,30-27-,52-49-. The summed E-state index contributed by atoms with van der Waals surface area (Å²) in [5.41, 5.74) is 0. The number of unbranched alkanes of at least 4 members (excludes halogenated alkanes) is 46. The average molecular weight is 1150 g/mol. The van der Waals surface area contributed by atoms with E-state index < -0.39 is 6.10 Å². The molecule has 82 heavy (non-hydrogen) atoms. The number of carbonyl (C=O) groups is 3. The molecule has 1 unspecified atom stereocenters. The zero-order chi connectivity index (χ0) is 59.2. The highest BCUT2D eigenvalue weighted by Crippen LogP contribution is 2.19. The predicted octanol–water partition coefficient (Wildman–Crippen LogP) is 25.1. The van der Waals surface area contributed by atoms with Gasteiger partial charge in [0, 0.05) is 19.3 Å². The number of rotatable bonds is 67. The lowest BCUT2D eigenvalue weighted by molar-refractivity contribution is -0.167. The molecular weight excluding hydrogens is 1010 g/mol. The molecule has 0 aromatic heterocycles. The molecule has 0 bridgehead atoms. The Balaban J connectivity index is 4.23.